The molecule has 4 rings (SSSR count). The van der Waals surface area contributed by atoms with E-state index < -0.39 is 17.3 Å². The summed E-state index contributed by atoms with van der Waals surface area (Å²) in [6, 6.07) is 14.8. The third kappa shape index (κ3) is 4.43. The Morgan fingerprint density at radius 1 is 0.903 bits per heavy atom. The van der Waals surface area contributed by atoms with Crippen molar-refractivity contribution in [3.8, 4) is 11.3 Å². The summed E-state index contributed by atoms with van der Waals surface area (Å²) in [4.78, 5) is 12.8. The van der Waals surface area contributed by atoms with Gasteiger partial charge in [0.05, 0.1) is 0 Å². The van der Waals surface area contributed by atoms with Crippen molar-refractivity contribution in [2.75, 3.05) is 0 Å². The van der Waals surface area contributed by atoms with Gasteiger partial charge in [0.25, 0.3) is 0 Å². The third-order valence-corrected chi connectivity index (χ3v) is 5.41. The Kier molecular flexibility index (Phi) is 6.38. The number of allylic oxidation sites excluding steroid dienone is 4. The molecule has 3 nitrogen and oxygen atoms in total. The predicted octanol–water partition coefficient (Wildman–Crippen LogP) is 5.72. The zero-order valence-corrected chi connectivity index (χ0v) is 19.9. The molecule has 0 aromatic carbocycles. The fourth-order valence-corrected chi connectivity index (χ4v) is 3.53. The van der Waals surface area contributed by atoms with E-state index in [1.165, 1.54) is 0 Å². The van der Waals surface area contributed by atoms with Crippen molar-refractivity contribution in [3.05, 3.63) is 95.7 Å². The summed E-state index contributed by atoms with van der Waals surface area (Å²) in [6.07, 6.45) is 7.34. The minimum absolute atomic E-state index is 0. The van der Waals surface area contributed by atoms with Crippen LogP contribution in [0.15, 0.2) is 54.6 Å². The van der Waals surface area contributed by atoms with Crippen LogP contribution in [0, 0.1) is 29.5 Å². The monoisotopic (exact) mass is 596 g/mol. The van der Waals surface area contributed by atoms with Crippen molar-refractivity contribution in [2.45, 2.75) is 33.1 Å². The first-order valence-corrected chi connectivity index (χ1v) is 9.70. The van der Waals surface area contributed by atoms with Gasteiger partial charge in [-0.1, -0.05) is 55.2 Å². The second-order valence-electron chi connectivity index (χ2n) is 8.40. The predicted molar refractivity (Wildman–Crippen MR) is 112 cm³/mol. The summed E-state index contributed by atoms with van der Waals surface area (Å²) in [5.74, 6) is -1.85. The average Bonchev–Trinajstić information content (AvgIpc) is 3.07. The van der Waals surface area contributed by atoms with E-state index in [-0.39, 0.29) is 32.0 Å². The Bertz CT molecular complexity index is 1180. The number of pyridine rings is 3. The van der Waals surface area contributed by atoms with Gasteiger partial charge in [0.2, 0.25) is 0 Å². The standard InChI is InChI=1S/C25H21F2N3.Pt/c1-24(2)15-7-8-17(24)19-10-6-12-21(29-19)25(3,4)20-11-5-9-18(28-20)16-13-14-22(26)30-23(16)27;/h5-7,9-12,14-15H,1-4H3;/q-2;+2. The Labute approximate surface area is 195 Å². The van der Waals surface area contributed by atoms with Crippen LogP contribution >= 0.6 is 0 Å². The van der Waals surface area contributed by atoms with E-state index in [0.29, 0.717) is 11.4 Å². The molecule has 3 heterocycles. The van der Waals surface area contributed by atoms with Gasteiger partial charge in [-0.15, -0.1) is 11.6 Å². The number of aromatic nitrogens is 3. The molecule has 0 unspecified atom stereocenters. The molecule has 160 valence electrons. The third-order valence-electron chi connectivity index (χ3n) is 5.41. The maximum atomic E-state index is 14.1. The number of nitrogens with zero attached hydrogens (tertiary/aromatic N) is 3. The molecule has 3 aromatic rings. The first-order valence-electron chi connectivity index (χ1n) is 9.70. The molecule has 0 N–H and O–H groups in total. The van der Waals surface area contributed by atoms with Gasteiger partial charge in [0, 0.05) is 16.8 Å². The Balaban J connectivity index is 0.00000272. The molecule has 0 saturated carbocycles. The van der Waals surface area contributed by atoms with Gasteiger partial charge in [0.1, 0.15) is 11.9 Å². The summed E-state index contributed by atoms with van der Waals surface area (Å²) in [7, 11) is 0. The molecule has 0 fully saturated rings. The summed E-state index contributed by atoms with van der Waals surface area (Å²) >= 11 is 0. The van der Waals surface area contributed by atoms with E-state index in [0.717, 1.165) is 23.0 Å². The molecule has 1 aliphatic carbocycles. The van der Waals surface area contributed by atoms with Crippen LogP contribution in [0.2, 0.25) is 0 Å². The largest absolute Gasteiger partial charge is 2.00 e. The number of halogens is 2. The Morgan fingerprint density at radius 2 is 1.52 bits per heavy atom. The van der Waals surface area contributed by atoms with Crippen LogP contribution in [-0.4, -0.2) is 15.0 Å². The molecule has 1 aliphatic rings. The number of hydrogen-bond donors (Lipinski definition) is 0. The van der Waals surface area contributed by atoms with Gasteiger partial charge in [-0.25, -0.2) is 8.78 Å². The second-order valence-corrected chi connectivity index (χ2v) is 8.40. The van der Waals surface area contributed by atoms with E-state index in [1.807, 2.05) is 44.2 Å². The molecule has 0 amide bonds. The average molecular weight is 597 g/mol. The fraction of sp³-hybridized carbons (Fsp3) is 0.240. The van der Waals surface area contributed by atoms with Crippen LogP contribution in [0.5, 0.6) is 0 Å². The maximum Gasteiger partial charge on any atom is 2.00 e. The summed E-state index contributed by atoms with van der Waals surface area (Å²) in [5, 5.41) is 0. The molecule has 0 saturated heterocycles. The fourth-order valence-electron chi connectivity index (χ4n) is 3.53. The molecular formula is C25H21F2N3Pt. The van der Waals surface area contributed by atoms with Gasteiger partial charge in [-0.05, 0) is 37.4 Å². The Morgan fingerprint density at radius 3 is 2.10 bits per heavy atom. The molecule has 3 aromatic heterocycles. The van der Waals surface area contributed by atoms with Crippen LogP contribution in [0.3, 0.4) is 0 Å². The first kappa shape index (κ1) is 23.1. The molecule has 0 bridgehead atoms. The minimum Gasteiger partial charge on any atom is -0.316 e. The zero-order chi connectivity index (χ0) is 21.5. The van der Waals surface area contributed by atoms with Crippen molar-refractivity contribution in [2.24, 2.45) is 5.41 Å². The number of rotatable bonds is 4. The Hall–Kier alpha value is -2.52. The molecule has 0 radical (unpaired) electrons. The van der Waals surface area contributed by atoms with Crippen molar-refractivity contribution in [3.63, 3.8) is 0 Å². The molecular weight excluding hydrogens is 575 g/mol. The topological polar surface area (TPSA) is 38.7 Å². The summed E-state index contributed by atoms with van der Waals surface area (Å²) in [6.45, 7) is 8.30. The van der Waals surface area contributed by atoms with Crippen LogP contribution < -0.4 is 0 Å². The zero-order valence-electron chi connectivity index (χ0n) is 17.6. The van der Waals surface area contributed by atoms with Gasteiger partial charge in [-0.3, -0.25) is 4.98 Å². The van der Waals surface area contributed by atoms with Gasteiger partial charge >= 0.3 is 21.1 Å². The van der Waals surface area contributed by atoms with Crippen LogP contribution in [-0.2, 0) is 26.5 Å². The maximum absolute atomic E-state index is 14.1. The normalized spacial score (nSPS) is 14.8. The van der Waals surface area contributed by atoms with Crippen LogP contribution in [0.1, 0.15) is 44.8 Å². The van der Waals surface area contributed by atoms with E-state index >= 15 is 0 Å². The molecule has 6 heteroatoms. The second kappa shape index (κ2) is 8.55. The van der Waals surface area contributed by atoms with E-state index in [4.69, 9.17) is 4.98 Å². The van der Waals surface area contributed by atoms with E-state index in [9.17, 15) is 8.78 Å². The van der Waals surface area contributed by atoms with Crippen molar-refractivity contribution in [1.82, 2.24) is 15.0 Å². The smallest absolute Gasteiger partial charge is 0.316 e. The molecule has 0 atom stereocenters. The van der Waals surface area contributed by atoms with Crippen molar-refractivity contribution in [1.29, 1.82) is 0 Å². The van der Waals surface area contributed by atoms with Gasteiger partial charge in [0.15, 0.2) is 0 Å². The first-order chi connectivity index (χ1) is 14.2. The van der Waals surface area contributed by atoms with Gasteiger partial charge in [-0.2, -0.15) is 18.2 Å². The van der Waals surface area contributed by atoms with E-state index in [1.54, 1.807) is 12.1 Å². The number of hydrogen-bond acceptors (Lipinski definition) is 3. The molecule has 31 heavy (non-hydrogen) atoms. The summed E-state index contributed by atoms with van der Waals surface area (Å²) < 4.78 is 27.3. The molecule has 0 aliphatic heterocycles. The van der Waals surface area contributed by atoms with E-state index in [2.05, 4.69) is 42.0 Å². The van der Waals surface area contributed by atoms with Gasteiger partial charge < -0.3 is 9.97 Å². The molecule has 0 spiro atoms. The van der Waals surface area contributed by atoms with Crippen molar-refractivity contribution >= 4 is 5.57 Å². The SMILES string of the molecule is CC1(C)C=C[C-]=C1c1cccc(C(C)(C)c2cccc(-c3[c-]cc(F)nc3F)n2)n1.[Pt+2]. The van der Waals surface area contributed by atoms with Crippen LogP contribution in [0.25, 0.3) is 16.8 Å². The quantitative estimate of drug-likeness (QED) is 0.286. The summed E-state index contributed by atoms with van der Waals surface area (Å²) in [5.41, 5.74) is 3.16. The van der Waals surface area contributed by atoms with Crippen molar-refractivity contribution < 1.29 is 29.8 Å². The van der Waals surface area contributed by atoms with Crippen LogP contribution in [0.4, 0.5) is 8.78 Å². The minimum atomic E-state index is -0.934.